The van der Waals surface area contributed by atoms with Crippen molar-refractivity contribution in [2.45, 2.75) is 0 Å². The minimum atomic E-state index is -3.67. The van der Waals surface area contributed by atoms with Crippen LogP contribution in [0.1, 0.15) is 0 Å². The lowest BCUT2D eigenvalue weighted by Crippen LogP contribution is -1.88. The van der Waals surface area contributed by atoms with Crippen molar-refractivity contribution in [2.75, 3.05) is 6.26 Å². The molecule has 0 aliphatic carbocycles. The van der Waals surface area contributed by atoms with E-state index in [-0.39, 0.29) is 0 Å². The molecule has 0 fully saturated rings. The first kappa shape index (κ1) is 10.2. The Bertz CT molecular complexity index is 106. The lowest BCUT2D eigenvalue weighted by atomic mass is 12.0. The highest BCUT2D eigenvalue weighted by atomic mass is 32.2. The molecule has 46 valence electrons. The summed E-state index contributed by atoms with van der Waals surface area (Å²) in [6.07, 6.45) is 0.715. The zero-order valence-corrected chi connectivity index (χ0v) is 6.02. The number of hydrogen-bond donors (Lipinski definition) is 1. The highest BCUT2D eigenvalue weighted by Gasteiger charge is 1.81. The van der Waals surface area contributed by atoms with Crippen molar-refractivity contribution < 1.29 is 17.5 Å². The van der Waals surface area contributed by atoms with Crippen LogP contribution in [0.4, 0.5) is 0 Å². The van der Waals surface area contributed by atoms with Gasteiger partial charge in [0.05, 0.1) is 15.4 Å². The zero-order valence-electron chi connectivity index (χ0n) is 3.79. The maximum atomic E-state index is 9.19. The van der Waals surface area contributed by atoms with Crippen LogP contribution in [0.15, 0.2) is 0 Å². The summed E-state index contributed by atoms with van der Waals surface area (Å²) in [6, 6.07) is 0. The van der Waals surface area contributed by atoms with Crippen molar-refractivity contribution in [1.82, 2.24) is 0 Å². The fourth-order valence-corrected chi connectivity index (χ4v) is 0. The first-order valence-corrected chi connectivity index (χ1v) is 3.64. The summed E-state index contributed by atoms with van der Waals surface area (Å²) in [4.78, 5) is 0. The molecule has 6 heteroatoms. The third-order valence-corrected chi connectivity index (χ3v) is 0. The van der Waals surface area contributed by atoms with E-state index in [0.717, 1.165) is 0 Å². The zero-order chi connectivity index (χ0) is 6.50. The SMILES string of the molecule is CS(=O)(=O)O.O=[PH3]. The van der Waals surface area contributed by atoms with Crippen molar-refractivity contribution in [3.63, 3.8) is 0 Å². The first-order valence-electron chi connectivity index (χ1n) is 1.21. The molecule has 0 aromatic carbocycles. The molecule has 1 N–H and O–H groups in total. The van der Waals surface area contributed by atoms with Crippen molar-refractivity contribution in [3.05, 3.63) is 0 Å². The fourth-order valence-electron chi connectivity index (χ4n) is 0. The molecule has 1 atom stereocenters. The molecule has 0 aliphatic rings. The Kier molecular flexibility index (Phi) is 6.26. The predicted molar refractivity (Wildman–Crippen MR) is 29.3 cm³/mol. The first-order chi connectivity index (χ1) is 3.00. The van der Waals surface area contributed by atoms with Gasteiger partial charge in [0.15, 0.2) is 0 Å². The standard InChI is InChI=1S/CH4O3S.H3OP/c1-5(2,3)4;1-2/h1H3,(H,2,3,4);2H3. The van der Waals surface area contributed by atoms with Crippen LogP contribution in [0.2, 0.25) is 0 Å². The topological polar surface area (TPSA) is 71.4 Å². The molecule has 0 bridgehead atoms. The third kappa shape index (κ3) is 5370. The van der Waals surface area contributed by atoms with Gasteiger partial charge in [-0.25, -0.2) is 0 Å². The summed E-state index contributed by atoms with van der Waals surface area (Å²) in [7, 11) is -3.06. The Labute approximate surface area is 43.9 Å². The van der Waals surface area contributed by atoms with Gasteiger partial charge in [-0.05, 0) is 0 Å². The smallest absolute Gasteiger partial charge is 0.261 e. The van der Waals surface area contributed by atoms with E-state index in [1.54, 1.807) is 0 Å². The molecule has 7 heavy (non-hydrogen) atoms. The quantitative estimate of drug-likeness (QED) is 0.367. The van der Waals surface area contributed by atoms with Gasteiger partial charge in [0.1, 0.15) is 0 Å². The molecule has 0 saturated heterocycles. The summed E-state index contributed by atoms with van der Waals surface area (Å²) >= 11 is 0. The van der Waals surface area contributed by atoms with E-state index >= 15 is 0 Å². The molecular formula is CH7O4PS. The molecule has 0 rings (SSSR count). The van der Waals surface area contributed by atoms with Gasteiger partial charge in [-0.3, -0.25) is 4.55 Å². The van der Waals surface area contributed by atoms with Gasteiger partial charge in [-0.1, -0.05) is 0 Å². The van der Waals surface area contributed by atoms with E-state index < -0.39 is 10.1 Å². The minimum Gasteiger partial charge on any atom is -0.333 e. The average Bonchev–Trinajstić information content (AvgIpc) is 1.36. The Morgan fingerprint density at radius 2 is 1.43 bits per heavy atom. The van der Waals surface area contributed by atoms with Gasteiger partial charge in [-0.2, -0.15) is 8.42 Å². The molecule has 0 amide bonds. The molecule has 0 radical (unpaired) electrons. The highest BCUT2D eigenvalue weighted by molar-refractivity contribution is 7.85. The van der Waals surface area contributed by atoms with E-state index in [4.69, 9.17) is 9.12 Å². The largest absolute Gasteiger partial charge is 0.333 e. The molecule has 1 unspecified atom stereocenters. The number of rotatable bonds is 0. The number of hydrogen-bond acceptors (Lipinski definition) is 3. The van der Waals surface area contributed by atoms with Gasteiger partial charge in [0.25, 0.3) is 10.1 Å². The Balaban J connectivity index is 0. The van der Waals surface area contributed by atoms with Crippen LogP contribution in [-0.2, 0) is 14.7 Å². The van der Waals surface area contributed by atoms with Gasteiger partial charge in [-0.15, -0.1) is 0 Å². The van der Waals surface area contributed by atoms with Crippen LogP contribution in [-0.4, -0.2) is 19.2 Å². The molecule has 0 aromatic heterocycles. The fraction of sp³-hybridized carbons (Fsp3) is 1.00. The molecule has 0 heterocycles. The van der Waals surface area contributed by atoms with E-state index in [1.807, 2.05) is 0 Å². The van der Waals surface area contributed by atoms with E-state index in [9.17, 15) is 8.42 Å². The van der Waals surface area contributed by atoms with Gasteiger partial charge >= 0.3 is 0 Å². The summed E-state index contributed by atoms with van der Waals surface area (Å²) in [5.74, 6) is 0. The van der Waals surface area contributed by atoms with E-state index in [0.29, 0.717) is 15.4 Å². The van der Waals surface area contributed by atoms with Gasteiger partial charge in [0, 0.05) is 0 Å². The summed E-state index contributed by atoms with van der Waals surface area (Å²) in [5, 5.41) is 0. The van der Waals surface area contributed by atoms with Gasteiger partial charge in [0.2, 0.25) is 0 Å². The minimum absolute atomic E-state index is 0.611. The Morgan fingerprint density at radius 1 is 1.43 bits per heavy atom. The lowest BCUT2D eigenvalue weighted by Gasteiger charge is -1.69. The highest BCUT2D eigenvalue weighted by Crippen LogP contribution is 1.60. The van der Waals surface area contributed by atoms with E-state index in [1.165, 1.54) is 0 Å². The average molecular weight is 146 g/mol. The van der Waals surface area contributed by atoms with E-state index in [2.05, 4.69) is 0 Å². The van der Waals surface area contributed by atoms with Crippen LogP contribution >= 0.6 is 9.12 Å². The van der Waals surface area contributed by atoms with Crippen LogP contribution in [0.3, 0.4) is 0 Å². The summed E-state index contributed by atoms with van der Waals surface area (Å²) in [6.45, 7) is 0. The maximum absolute atomic E-state index is 9.19. The molecular weight excluding hydrogens is 139 g/mol. The Hall–Kier alpha value is 0.140. The van der Waals surface area contributed by atoms with Crippen LogP contribution in [0.5, 0.6) is 0 Å². The second kappa shape index (κ2) is 4.30. The van der Waals surface area contributed by atoms with Crippen molar-refractivity contribution in [2.24, 2.45) is 0 Å². The van der Waals surface area contributed by atoms with Crippen molar-refractivity contribution in [3.8, 4) is 0 Å². The predicted octanol–water partition coefficient (Wildman–Crippen LogP) is -0.557. The second-order valence-corrected chi connectivity index (χ2v) is 2.20. The third-order valence-electron chi connectivity index (χ3n) is 0. The van der Waals surface area contributed by atoms with Crippen LogP contribution in [0, 0.1) is 0 Å². The summed E-state index contributed by atoms with van der Waals surface area (Å²) < 4.78 is 34.1. The van der Waals surface area contributed by atoms with Crippen molar-refractivity contribution >= 4 is 19.2 Å². The van der Waals surface area contributed by atoms with Crippen LogP contribution in [0.25, 0.3) is 0 Å². The lowest BCUT2D eigenvalue weighted by molar-refractivity contribution is 0.490. The molecule has 0 aromatic rings. The second-order valence-electron chi connectivity index (χ2n) is 0.733. The molecule has 4 nitrogen and oxygen atoms in total. The molecule has 0 aliphatic heterocycles. The molecule has 0 saturated carbocycles. The maximum Gasteiger partial charge on any atom is 0.261 e. The molecule has 0 spiro atoms. The summed E-state index contributed by atoms with van der Waals surface area (Å²) in [5.41, 5.74) is 0. The normalized spacial score (nSPS) is 9.43. The Morgan fingerprint density at radius 3 is 1.43 bits per heavy atom. The monoisotopic (exact) mass is 146 g/mol. The van der Waals surface area contributed by atoms with Crippen molar-refractivity contribution in [1.29, 1.82) is 0 Å². The van der Waals surface area contributed by atoms with Gasteiger partial charge < -0.3 is 4.57 Å². The van der Waals surface area contributed by atoms with Crippen LogP contribution < -0.4 is 0 Å².